The summed E-state index contributed by atoms with van der Waals surface area (Å²) < 4.78 is 13.2. The standard InChI is InChI=1S/C24H28FN3O3/c25-21-9-7-18(8-10-21)19-4-1-6-22(16-19)26-24(30)20-5-2-12-27(17-20)23(29)11-14-28-13-3-15-31-28/h1,4,6-10,16,20H,2-3,5,11-15,17H2,(H,26,30). The maximum atomic E-state index is 13.2. The third-order valence-corrected chi connectivity index (χ3v) is 5.85. The maximum absolute atomic E-state index is 13.2. The van der Waals surface area contributed by atoms with Crippen LogP contribution in [0.1, 0.15) is 25.7 Å². The molecule has 2 aliphatic heterocycles. The Morgan fingerprint density at radius 1 is 1.06 bits per heavy atom. The smallest absolute Gasteiger partial charge is 0.229 e. The van der Waals surface area contributed by atoms with Crippen LogP contribution in [0.5, 0.6) is 0 Å². The predicted molar refractivity (Wildman–Crippen MR) is 117 cm³/mol. The van der Waals surface area contributed by atoms with Crippen molar-refractivity contribution in [3.05, 3.63) is 54.3 Å². The van der Waals surface area contributed by atoms with Gasteiger partial charge < -0.3 is 10.2 Å². The van der Waals surface area contributed by atoms with Gasteiger partial charge in [-0.3, -0.25) is 14.4 Å². The molecule has 7 heteroatoms. The molecule has 1 N–H and O–H groups in total. The number of hydroxylamine groups is 2. The molecule has 2 saturated heterocycles. The molecule has 2 aliphatic rings. The molecule has 0 spiro atoms. The molecule has 31 heavy (non-hydrogen) atoms. The zero-order chi connectivity index (χ0) is 21.6. The van der Waals surface area contributed by atoms with Gasteiger partial charge in [0.15, 0.2) is 0 Å². The van der Waals surface area contributed by atoms with E-state index in [1.54, 1.807) is 17.0 Å². The Kier molecular flexibility index (Phi) is 6.94. The highest BCUT2D eigenvalue weighted by atomic mass is 19.1. The van der Waals surface area contributed by atoms with Crippen molar-refractivity contribution in [2.24, 2.45) is 5.92 Å². The molecule has 1 atom stereocenters. The van der Waals surface area contributed by atoms with Crippen molar-refractivity contribution >= 4 is 17.5 Å². The average molecular weight is 426 g/mol. The number of piperidine rings is 1. The zero-order valence-electron chi connectivity index (χ0n) is 17.6. The van der Waals surface area contributed by atoms with Crippen LogP contribution in [0.4, 0.5) is 10.1 Å². The Hall–Kier alpha value is -2.77. The van der Waals surface area contributed by atoms with E-state index in [1.165, 1.54) is 12.1 Å². The Labute approximate surface area is 181 Å². The Balaban J connectivity index is 1.33. The van der Waals surface area contributed by atoms with E-state index in [-0.39, 0.29) is 23.5 Å². The van der Waals surface area contributed by atoms with Gasteiger partial charge in [0.25, 0.3) is 0 Å². The zero-order valence-corrected chi connectivity index (χ0v) is 17.6. The lowest BCUT2D eigenvalue weighted by molar-refractivity contribution is -0.141. The van der Waals surface area contributed by atoms with E-state index in [0.717, 1.165) is 43.5 Å². The van der Waals surface area contributed by atoms with Crippen molar-refractivity contribution in [2.45, 2.75) is 25.7 Å². The molecule has 164 valence electrons. The van der Waals surface area contributed by atoms with Gasteiger partial charge in [-0.1, -0.05) is 24.3 Å². The van der Waals surface area contributed by atoms with E-state index in [0.29, 0.717) is 31.7 Å². The van der Waals surface area contributed by atoms with Crippen molar-refractivity contribution in [1.29, 1.82) is 0 Å². The van der Waals surface area contributed by atoms with Crippen molar-refractivity contribution < 1.29 is 18.8 Å². The van der Waals surface area contributed by atoms with Crippen LogP contribution in [0.25, 0.3) is 11.1 Å². The number of benzene rings is 2. The monoisotopic (exact) mass is 425 g/mol. The molecule has 0 saturated carbocycles. The maximum Gasteiger partial charge on any atom is 0.229 e. The van der Waals surface area contributed by atoms with Gasteiger partial charge in [-0.05, 0) is 54.7 Å². The molecule has 2 aromatic rings. The summed E-state index contributed by atoms with van der Waals surface area (Å²) >= 11 is 0. The number of rotatable bonds is 6. The van der Waals surface area contributed by atoms with Crippen LogP contribution < -0.4 is 5.32 Å². The normalized spacial score (nSPS) is 19.4. The van der Waals surface area contributed by atoms with Crippen LogP contribution in [-0.2, 0) is 14.4 Å². The Morgan fingerprint density at radius 2 is 1.90 bits per heavy atom. The summed E-state index contributed by atoms with van der Waals surface area (Å²) in [6.45, 7) is 3.34. The summed E-state index contributed by atoms with van der Waals surface area (Å²) in [7, 11) is 0. The van der Waals surface area contributed by atoms with Gasteiger partial charge in [-0.25, -0.2) is 4.39 Å². The number of amides is 2. The minimum Gasteiger partial charge on any atom is -0.342 e. The molecule has 2 aromatic carbocycles. The highest BCUT2D eigenvalue weighted by Crippen LogP contribution is 2.24. The van der Waals surface area contributed by atoms with Crippen LogP contribution in [0, 0.1) is 11.7 Å². The molecule has 0 aromatic heterocycles. The molecule has 0 aliphatic carbocycles. The second-order valence-corrected chi connectivity index (χ2v) is 8.12. The van der Waals surface area contributed by atoms with Gasteiger partial charge in [0.2, 0.25) is 11.8 Å². The summed E-state index contributed by atoms with van der Waals surface area (Å²) in [5, 5.41) is 4.84. The number of hydrogen-bond acceptors (Lipinski definition) is 4. The third kappa shape index (κ3) is 5.68. The highest BCUT2D eigenvalue weighted by Gasteiger charge is 2.28. The quantitative estimate of drug-likeness (QED) is 0.767. The summed E-state index contributed by atoms with van der Waals surface area (Å²) in [6, 6.07) is 13.8. The van der Waals surface area contributed by atoms with Crippen molar-refractivity contribution in [2.75, 3.05) is 38.1 Å². The summed E-state index contributed by atoms with van der Waals surface area (Å²) in [5.41, 5.74) is 2.48. The molecule has 0 radical (unpaired) electrons. The molecule has 0 bridgehead atoms. The minimum absolute atomic E-state index is 0.0726. The van der Waals surface area contributed by atoms with Gasteiger partial charge >= 0.3 is 0 Å². The van der Waals surface area contributed by atoms with E-state index in [2.05, 4.69) is 5.32 Å². The van der Waals surface area contributed by atoms with Crippen molar-refractivity contribution in [3.63, 3.8) is 0 Å². The second-order valence-electron chi connectivity index (χ2n) is 8.12. The Morgan fingerprint density at radius 3 is 2.68 bits per heavy atom. The fourth-order valence-electron chi connectivity index (χ4n) is 4.13. The third-order valence-electron chi connectivity index (χ3n) is 5.85. The first-order valence-electron chi connectivity index (χ1n) is 10.9. The summed E-state index contributed by atoms with van der Waals surface area (Å²) in [4.78, 5) is 32.7. The number of anilines is 1. The number of nitrogens with zero attached hydrogens (tertiary/aromatic N) is 2. The highest BCUT2D eigenvalue weighted by molar-refractivity contribution is 5.93. The first-order chi connectivity index (χ1) is 15.1. The average Bonchev–Trinajstić information content (AvgIpc) is 3.32. The van der Waals surface area contributed by atoms with Gasteiger partial charge in [0.1, 0.15) is 5.82 Å². The lowest BCUT2D eigenvalue weighted by Gasteiger charge is -2.32. The number of carbonyl (C=O) groups excluding carboxylic acids is 2. The van der Waals surface area contributed by atoms with Crippen LogP contribution in [-0.4, -0.2) is 54.6 Å². The largest absolute Gasteiger partial charge is 0.342 e. The topological polar surface area (TPSA) is 61.9 Å². The first-order valence-corrected chi connectivity index (χ1v) is 10.9. The first kappa shape index (κ1) is 21.5. The molecule has 2 heterocycles. The molecule has 4 rings (SSSR count). The van der Waals surface area contributed by atoms with E-state index in [1.807, 2.05) is 29.3 Å². The summed E-state index contributed by atoms with van der Waals surface area (Å²) in [6.07, 6.45) is 3.00. The number of halogens is 1. The molecular weight excluding hydrogens is 397 g/mol. The van der Waals surface area contributed by atoms with Gasteiger partial charge in [-0.15, -0.1) is 0 Å². The number of hydrogen-bond donors (Lipinski definition) is 1. The van der Waals surface area contributed by atoms with Crippen LogP contribution in [0.3, 0.4) is 0 Å². The minimum atomic E-state index is -0.280. The molecule has 1 unspecified atom stereocenters. The molecule has 2 amide bonds. The van der Waals surface area contributed by atoms with Crippen molar-refractivity contribution in [3.8, 4) is 11.1 Å². The molecular formula is C24H28FN3O3. The van der Waals surface area contributed by atoms with E-state index >= 15 is 0 Å². The van der Waals surface area contributed by atoms with Crippen molar-refractivity contribution in [1.82, 2.24) is 9.96 Å². The van der Waals surface area contributed by atoms with Gasteiger partial charge in [0.05, 0.1) is 12.5 Å². The van der Waals surface area contributed by atoms with Crippen LogP contribution in [0.2, 0.25) is 0 Å². The Bertz CT molecular complexity index is 913. The lowest BCUT2D eigenvalue weighted by atomic mass is 9.96. The SMILES string of the molecule is O=C(Nc1cccc(-c2ccc(F)cc2)c1)C1CCCN(C(=O)CCN2CCCO2)C1. The number of nitrogens with one attached hydrogen (secondary N) is 1. The molecule has 2 fully saturated rings. The van der Waals surface area contributed by atoms with E-state index in [4.69, 9.17) is 4.84 Å². The number of likely N-dealkylation sites (tertiary alicyclic amines) is 1. The van der Waals surface area contributed by atoms with E-state index in [9.17, 15) is 14.0 Å². The fraction of sp³-hybridized carbons (Fsp3) is 0.417. The fourth-order valence-corrected chi connectivity index (χ4v) is 4.13. The molecule has 6 nitrogen and oxygen atoms in total. The number of carbonyl (C=O) groups is 2. The van der Waals surface area contributed by atoms with Gasteiger partial charge in [0, 0.05) is 38.3 Å². The summed E-state index contributed by atoms with van der Waals surface area (Å²) in [5.74, 6) is -0.504. The second kappa shape index (κ2) is 10.0. The van der Waals surface area contributed by atoms with Gasteiger partial charge in [-0.2, -0.15) is 5.06 Å². The van der Waals surface area contributed by atoms with Crippen LogP contribution in [0.15, 0.2) is 48.5 Å². The lowest BCUT2D eigenvalue weighted by Crippen LogP contribution is -2.44. The predicted octanol–water partition coefficient (Wildman–Crippen LogP) is 3.70. The van der Waals surface area contributed by atoms with Crippen LogP contribution >= 0.6 is 0 Å². The van der Waals surface area contributed by atoms with E-state index < -0.39 is 0 Å².